The van der Waals surface area contributed by atoms with E-state index >= 15 is 0 Å². The Morgan fingerprint density at radius 2 is 2.06 bits per heavy atom. The average Bonchev–Trinajstić information content (AvgIpc) is 3.12. The predicted molar refractivity (Wildman–Crippen MR) is 71.9 cm³/mol. The SMILES string of the molecule is CC(CN)Nc1ccccc1S(=O)(=O)NC1CC1. The summed E-state index contributed by atoms with van der Waals surface area (Å²) < 4.78 is 27.1. The number of nitrogens with one attached hydrogen (secondary N) is 2. The summed E-state index contributed by atoms with van der Waals surface area (Å²) in [4.78, 5) is 0.289. The van der Waals surface area contributed by atoms with E-state index in [4.69, 9.17) is 5.73 Å². The van der Waals surface area contributed by atoms with Gasteiger partial charge in [0, 0.05) is 18.6 Å². The van der Waals surface area contributed by atoms with E-state index < -0.39 is 10.0 Å². The minimum absolute atomic E-state index is 0.0299. The first-order valence-electron chi connectivity index (χ1n) is 6.11. The van der Waals surface area contributed by atoms with Crippen LogP contribution in [0.2, 0.25) is 0 Å². The van der Waals surface area contributed by atoms with Crippen molar-refractivity contribution in [1.82, 2.24) is 4.72 Å². The van der Waals surface area contributed by atoms with Gasteiger partial charge in [0.15, 0.2) is 0 Å². The zero-order valence-corrected chi connectivity index (χ0v) is 11.2. The molecule has 0 aromatic heterocycles. The number of hydrogen-bond donors (Lipinski definition) is 3. The Kier molecular flexibility index (Phi) is 3.89. The summed E-state index contributed by atoms with van der Waals surface area (Å²) >= 11 is 0. The van der Waals surface area contributed by atoms with Crippen LogP contribution in [0.5, 0.6) is 0 Å². The first-order chi connectivity index (χ1) is 8.53. The normalized spacial score (nSPS) is 17.4. The van der Waals surface area contributed by atoms with Gasteiger partial charge >= 0.3 is 0 Å². The highest BCUT2D eigenvalue weighted by atomic mass is 32.2. The number of sulfonamides is 1. The van der Waals surface area contributed by atoms with Crippen molar-refractivity contribution >= 4 is 15.7 Å². The summed E-state index contributed by atoms with van der Waals surface area (Å²) in [6, 6.07) is 7.03. The van der Waals surface area contributed by atoms with Gasteiger partial charge in [-0.05, 0) is 31.9 Å². The van der Waals surface area contributed by atoms with Crippen LogP contribution in [-0.2, 0) is 10.0 Å². The number of hydrogen-bond acceptors (Lipinski definition) is 4. The lowest BCUT2D eigenvalue weighted by Gasteiger charge is -2.16. The van der Waals surface area contributed by atoms with Crippen LogP contribution in [0.4, 0.5) is 5.69 Å². The van der Waals surface area contributed by atoms with Crippen LogP contribution in [0, 0.1) is 0 Å². The highest BCUT2D eigenvalue weighted by Gasteiger charge is 2.29. The molecule has 0 saturated heterocycles. The molecule has 0 amide bonds. The van der Waals surface area contributed by atoms with Gasteiger partial charge in [0.25, 0.3) is 0 Å². The molecule has 1 aromatic carbocycles. The quantitative estimate of drug-likeness (QED) is 0.716. The van der Waals surface area contributed by atoms with Crippen LogP contribution in [0.15, 0.2) is 29.2 Å². The topological polar surface area (TPSA) is 84.2 Å². The van der Waals surface area contributed by atoms with Crippen LogP contribution in [0.25, 0.3) is 0 Å². The molecule has 0 heterocycles. The molecular formula is C12H19N3O2S. The van der Waals surface area contributed by atoms with Gasteiger partial charge in [-0.3, -0.25) is 0 Å². The molecule has 1 aliphatic rings. The van der Waals surface area contributed by atoms with Crippen molar-refractivity contribution in [2.75, 3.05) is 11.9 Å². The number of benzene rings is 1. The summed E-state index contributed by atoms with van der Waals surface area (Å²) in [5.74, 6) is 0. The monoisotopic (exact) mass is 269 g/mol. The van der Waals surface area contributed by atoms with E-state index in [1.54, 1.807) is 18.2 Å². The van der Waals surface area contributed by atoms with Gasteiger partial charge in [-0.25, -0.2) is 13.1 Å². The molecule has 5 nitrogen and oxygen atoms in total. The molecule has 1 fully saturated rings. The summed E-state index contributed by atoms with van der Waals surface area (Å²) in [5.41, 5.74) is 6.14. The van der Waals surface area contributed by atoms with E-state index in [0.29, 0.717) is 12.2 Å². The standard InChI is InChI=1S/C12H19N3O2S/c1-9(8-13)14-11-4-2-3-5-12(11)18(16,17)15-10-6-7-10/h2-5,9-10,14-15H,6-8,13H2,1H3. The second-order valence-electron chi connectivity index (χ2n) is 4.67. The Morgan fingerprint density at radius 1 is 1.39 bits per heavy atom. The molecule has 2 rings (SSSR count). The predicted octanol–water partition coefficient (Wildman–Crippen LogP) is 0.886. The highest BCUT2D eigenvalue weighted by molar-refractivity contribution is 7.89. The second-order valence-corrected chi connectivity index (χ2v) is 6.36. The van der Waals surface area contributed by atoms with Crippen molar-refractivity contribution in [1.29, 1.82) is 0 Å². The number of rotatable bonds is 6. The number of anilines is 1. The Labute approximate surface area is 108 Å². The second kappa shape index (κ2) is 5.26. The maximum absolute atomic E-state index is 12.2. The molecule has 1 aromatic rings. The van der Waals surface area contributed by atoms with Gasteiger partial charge in [-0.1, -0.05) is 12.1 Å². The Balaban J connectivity index is 2.25. The molecule has 100 valence electrons. The molecule has 4 N–H and O–H groups in total. The third-order valence-corrected chi connectivity index (χ3v) is 4.41. The smallest absolute Gasteiger partial charge is 0.242 e. The summed E-state index contributed by atoms with van der Waals surface area (Å²) in [6.45, 7) is 2.36. The third-order valence-electron chi connectivity index (χ3n) is 2.83. The molecule has 0 radical (unpaired) electrons. The maximum Gasteiger partial charge on any atom is 0.242 e. The van der Waals surface area contributed by atoms with E-state index in [1.165, 1.54) is 0 Å². The first-order valence-corrected chi connectivity index (χ1v) is 7.59. The van der Waals surface area contributed by atoms with Gasteiger partial charge < -0.3 is 11.1 Å². The molecule has 0 aliphatic heterocycles. The lowest BCUT2D eigenvalue weighted by Crippen LogP contribution is -2.29. The minimum atomic E-state index is -3.43. The van der Waals surface area contributed by atoms with Gasteiger partial charge in [0.2, 0.25) is 10.0 Å². The minimum Gasteiger partial charge on any atom is -0.380 e. The van der Waals surface area contributed by atoms with E-state index in [1.807, 2.05) is 13.0 Å². The van der Waals surface area contributed by atoms with Gasteiger partial charge in [-0.15, -0.1) is 0 Å². The average molecular weight is 269 g/mol. The zero-order chi connectivity index (χ0) is 13.2. The summed E-state index contributed by atoms with van der Waals surface area (Å²) in [6.07, 6.45) is 1.85. The largest absolute Gasteiger partial charge is 0.380 e. The van der Waals surface area contributed by atoms with Crippen molar-refractivity contribution in [2.45, 2.75) is 36.7 Å². The number of para-hydroxylation sites is 1. The Morgan fingerprint density at radius 3 is 2.67 bits per heavy atom. The van der Waals surface area contributed by atoms with Crippen LogP contribution >= 0.6 is 0 Å². The van der Waals surface area contributed by atoms with Gasteiger partial charge in [-0.2, -0.15) is 0 Å². The van der Waals surface area contributed by atoms with Crippen molar-refractivity contribution in [3.63, 3.8) is 0 Å². The van der Waals surface area contributed by atoms with Crippen molar-refractivity contribution in [2.24, 2.45) is 5.73 Å². The fourth-order valence-electron chi connectivity index (χ4n) is 1.63. The molecule has 6 heteroatoms. The van der Waals surface area contributed by atoms with E-state index in [-0.39, 0.29) is 17.0 Å². The molecule has 1 unspecified atom stereocenters. The van der Waals surface area contributed by atoms with Crippen LogP contribution < -0.4 is 15.8 Å². The molecule has 1 saturated carbocycles. The van der Waals surface area contributed by atoms with Gasteiger partial charge in [0.05, 0.1) is 5.69 Å². The molecule has 1 atom stereocenters. The van der Waals surface area contributed by atoms with E-state index in [2.05, 4.69) is 10.0 Å². The van der Waals surface area contributed by atoms with E-state index in [0.717, 1.165) is 12.8 Å². The zero-order valence-electron chi connectivity index (χ0n) is 10.4. The van der Waals surface area contributed by atoms with Crippen molar-refractivity contribution < 1.29 is 8.42 Å². The summed E-state index contributed by atoms with van der Waals surface area (Å²) in [5, 5.41) is 3.12. The lowest BCUT2D eigenvalue weighted by molar-refractivity contribution is 0.581. The van der Waals surface area contributed by atoms with Crippen molar-refractivity contribution in [3.8, 4) is 0 Å². The molecule has 0 spiro atoms. The Hall–Kier alpha value is -1.11. The van der Waals surface area contributed by atoms with E-state index in [9.17, 15) is 8.42 Å². The summed E-state index contributed by atoms with van der Waals surface area (Å²) in [7, 11) is -3.43. The fraction of sp³-hybridized carbons (Fsp3) is 0.500. The molecular weight excluding hydrogens is 250 g/mol. The molecule has 1 aliphatic carbocycles. The maximum atomic E-state index is 12.2. The first kappa shape index (κ1) is 13.3. The number of nitrogens with two attached hydrogens (primary N) is 1. The van der Waals surface area contributed by atoms with Gasteiger partial charge in [0.1, 0.15) is 4.90 Å². The third kappa shape index (κ3) is 3.22. The lowest BCUT2D eigenvalue weighted by atomic mass is 10.2. The van der Waals surface area contributed by atoms with Crippen molar-refractivity contribution in [3.05, 3.63) is 24.3 Å². The Bertz CT molecular complexity index is 512. The fourth-order valence-corrected chi connectivity index (χ4v) is 3.10. The van der Waals surface area contributed by atoms with Crippen LogP contribution in [0.3, 0.4) is 0 Å². The molecule has 18 heavy (non-hydrogen) atoms. The van der Waals surface area contributed by atoms with Crippen LogP contribution in [0.1, 0.15) is 19.8 Å². The molecule has 0 bridgehead atoms. The van der Waals surface area contributed by atoms with Crippen LogP contribution in [-0.4, -0.2) is 27.0 Å². The highest BCUT2D eigenvalue weighted by Crippen LogP contribution is 2.26.